The molecule has 1 fully saturated rings. The lowest BCUT2D eigenvalue weighted by molar-refractivity contribution is 0.0600. The molecular formula is C15H23ClN2O3. The Morgan fingerprint density at radius 3 is 2.48 bits per heavy atom. The van der Waals surface area contributed by atoms with Gasteiger partial charge in [0, 0.05) is 38.8 Å². The van der Waals surface area contributed by atoms with Crippen LogP contribution < -0.4 is 5.32 Å². The van der Waals surface area contributed by atoms with E-state index in [4.69, 9.17) is 4.74 Å². The number of ether oxygens (including phenoxy) is 1. The number of carbonyl (C=O) groups is 1. The Morgan fingerprint density at radius 2 is 1.95 bits per heavy atom. The number of nitrogens with zero attached hydrogens (tertiary/aromatic N) is 1. The van der Waals surface area contributed by atoms with E-state index in [9.17, 15) is 9.90 Å². The third-order valence-corrected chi connectivity index (χ3v) is 3.71. The van der Waals surface area contributed by atoms with Gasteiger partial charge in [-0.15, -0.1) is 12.4 Å². The second kappa shape index (κ2) is 9.00. The molecule has 118 valence electrons. The highest BCUT2D eigenvalue weighted by molar-refractivity contribution is 5.89. The molecule has 1 heterocycles. The van der Waals surface area contributed by atoms with Gasteiger partial charge in [-0.3, -0.25) is 4.90 Å². The maximum absolute atomic E-state index is 11.4. The van der Waals surface area contributed by atoms with Crippen molar-refractivity contribution in [2.24, 2.45) is 0 Å². The largest absolute Gasteiger partial charge is 0.465 e. The van der Waals surface area contributed by atoms with E-state index in [1.54, 1.807) is 12.1 Å². The second-order valence-electron chi connectivity index (χ2n) is 4.93. The third kappa shape index (κ3) is 4.68. The number of benzene rings is 1. The van der Waals surface area contributed by atoms with Crippen molar-refractivity contribution in [3.05, 3.63) is 35.4 Å². The van der Waals surface area contributed by atoms with Gasteiger partial charge in [0.1, 0.15) is 0 Å². The van der Waals surface area contributed by atoms with Crippen LogP contribution >= 0.6 is 12.4 Å². The molecule has 1 aromatic rings. The van der Waals surface area contributed by atoms with Crippen LogP contribution in [0.1, 0.15) is 28.4 Å². The lowest BCUT2D eigenvalue weighted by Crippen LogP contribution is -2.45. The quantitative estimate of drug-likeness (QED) is 0.800. The molecule has 1 aliphatic heterocycles. The molecule has 21 heavy (non-hydrogen) atoms. The molecule has 0 radical (unpaired) electrons. The Labute approximate surface area is 131 Å². The lowest BCUT2D eigenvalue weighted by atomic mass is 10.00. The molecule has 0 amide bonds. The van der Waals surface area contributed by atoms with Gasteiger partial charge in [-0.25, -0.2) is 4.79 Å². The average Bonchev–Trinajstić information content (AvgIpc) is 2.53. The van der Waals surface area contributed by atoms with Crippen LogP contribution in [0.15, 0.2) is 24.3 Å². The number of piperazine rings is 1. The molecule has 1 saturated heterocycles. The number of esters is 1. The molecule has 0 aliphatic carbocycles. The van der Waals surface area contributed by atoms with Crippen molar-refractivity contribution in [1.29, 1.82) is 0 Å². The average molecular weight is 315 g/mol. The molecule has 2 N–H and O–H groups in total. The first-order chi connectivity index (χ1) is 9.76. The minimum Gasteiger partial charge on any atom is -0.465 e. The fraction of sp³-hybridized carbons (Fsp3) is 0.533. The Morgan fingerprint density at radius 1 is 1.33 bits per heavy atom. The molecule has 2 rings (SSSR count). The molecular weight excluding hydrogens is 292 g/mol. The molecule has 0 bridgehead atoms. The van der Waals surface area contributed by atoms with Crippen LogP contribution in [0.3, 0.4) is 0 Å². The van der Waals surface area contributed by atoms with Crippen LogP contribution in [0.5, 0.6) is 0 Å². The first-order valence-corrected chi connectivity index (χ1v) is 7.00. The summed E-state index contributed by atoms with van der Waals surface area (Å²) >= 11 is 0. The van der Waals surface area contributed by atoms with Crippen molar-refractivity contribution in [2.75, 3.05) is 39.9 Å². The molecule has 0 unspecified atom stereocenters. The van der Waals surface area contributed by atoms with Crippen molar-refractivity contribution < 1.29 is 14.6 Å². The topological polar surface area (TPSA) is 61.8 Å². The number of aliphatic hydroxyl groups excluding tert-OH is 1. The van der Waals surface area contributed by atoms with E-state index in [2.05, 4.69) is 10.2 Å². The number of aliphatic hydroxyl groups is 1. The van der Waals surface area contributed by atoms with Crippen molar-refractivity contribution >= 4 is 18.4 Å². The number of halogens is 1. The Bertz CT molecular complexity index is 433. The monoisotopic (exact) mass is 314 g/mol. The Hall–Kier alpha value is -1.14. The third-order valence-electron chi connectivity index (χ3n) is 3.71. The predicted molar refractivity (Wildman–Crippen MR) is 83.9 cm³/mol. The van der Waals surface area contributed by atoms with Gasteiger partial charge in [-0.1, -0.05) is 12.1 Å². The number of hydrogen-bond donors (Lipinski definition) is 2. The lowest BCUT2D eigenvalue weighted by Gasteiger charge is -2.35. The summed E-state index contributed by atoms with van der Waals surface area (Å²) in [6.07, 6.45) is 0.706. The summed E-state index contributed by atoms with van der Waals surface area (Å²) in [4.78, 5) is 13.8. The fourth-order valence-corrected chi connectivity index (χ4v) is 2.64. The predicted octanol–water partition coefficient (Wildman–Crippen LogP) is 1.22. The zero-order valence-corrected chi connectivity index (χ0v) is 13.1. The summed E-state index contributed by atoms with van der Waals surface area (Å²) in [5.41, 5.74) is 1.69. The summed E-state index contributed by atoms with van der Waals surface area (Å²) < 4.78 is 4.70. The van der Waals surface area contributed by atoms with Gasteiger partial charge in [0.05, 0.1) is 12.7 Å². The Kier molecular flexibility index (Phi) is 7.67. The number of rotatable bonds is 5. The van der Waals surface area contributed by atoms with Crippen LogP contribution in [0.25, 0.3) is 0 Å². The SMILES string of the molecule is COC(=O)c1ccc([C@@H](CCO)N2CCNCC2)cc1.Cl. The van der Waals surface area contributed by atoms with Crippen LogP contribution in [0.4, 0.5) is 0 Å². The number of carbonyl (C=O) groups excluding carboxylic acids is 1. The number of hydrogen-bond acceptors (Lipinski definition) is 5. The van der Waals surface area contributed by atoms with Gasteiger partial charge in [-0.2, -0.15) is 0 Å². The summed E-state index contributed by atoms with van der Waals surface area (Å²) in [5.74, 6) is -0.322. The van der Waals surface area contributed by atoms with Crippen molar-refractivity contribution in [1.82, 2.24) is 10.2 Å². The van der Waals surface area contributed by atoms with Crippen molar-refractivity contribution in [3.63, 3.8) is 0 Å². The zero-order valence-electron chi connectivity index (χ0n) is 12.2. The summed E-state index contributed by atoms with van der Waals surface area (Å²) in [5, 5.41) is 12.6. The van der Waals surface area contributed by atoms with E-state index >= 15 is 0 Å². The fourth-order valence-electron chi connectivity index (χ4n) is 2.64. The van der Waals surface area contributed by atoms with Crippen molar-refractivity contribution in [3.8, 4) is 0 Å². The van der Waals surface area contributed by atoms with E-state index in [1.165, 1.54) is 7.11 Å². The summed E-state index contributed by atoms with van der Waals surface area (Å²) in [7, 11) is 1.38. The van der Waals surface area contributed by atoms with Crippen LogP contribution in [0, 0.1) is 0 Å². The summed E-state index contributed by atoms with van der Waals surface area (Å²) in [6.45, 7) is 4.06. The van der Waals surface area contributed by atoms with Crippen LogP contribution in [0.2, 0.25) is 0 Å². The van der Waals surface area contributed by atoms with E-state index in [0.717, 1.165) is 31.7 Å². The van der Waals surface area contributed by atoms with Gasteiger partial charge < -0.3 is 15.2 Å². The van der Waals surface area contributed by atoms with Crippen LogP contribution in [-0.4, -0.2) is 55.9 Å². The van der Waals surface area contributed by atoms with Gasteiger partial charge >= 0.3 is 5.97 Å². The van der Waals surface area contributed by atoms with E-state index in [0.29, 0.717) is 12.0 Å². The molecule has 1 aliphatic rings. The molecule has 0 spiro atoms. The highest BCUT2D eigenvalue weighted by atomic mass is 35.5. The minimum absolute atomic E-state index is 0. The smallest absolute Gasteiger partial charge is 0.337 e. The highest BCUT2D eigenvalue weighted by Gasteiger charge is 2.21. The normalized spacial score (nSPS) is 16.9. The van der Waals surface area contributed by atoms with E-state index < -0.39 is 0 Å². The van der Waals surface area contributed by atoms with Crippen LogP contribution in [-0.2, 0) is 4.74 Å². The zero-order chi connectivity index (χ0) is 14.4. The number of nitrogens with one attached hydrogen (secondary N) is 1. The van der Waals surface area contributed by atoms with Gasteiger partial charge in [0.25, 0.3) is 0 Å². The van der Waals surface area contributed by atoms with E-state index in [1.807, 2.05) is 12.1 Å². The second-order valence-corrected chi connectivity index (χ2v) is 4.93. The van der Waals surface area contributed by atoms with Gasteiger partial charge in [0.15, 0.2) is 0 Å². The molecule has 0 saturated carbocycles. The molecule has 1 aromatic carbocycles. The summed E-state index contributed by atoms with van der Waals surface area (Å²) in [6, 6.07) is 7.68. The molecule has 0 aromatic heterocycles. The maximum atomic E-state index is 11.4. The first kappa shape index (κ1) is 17.9. The minimum atomic E-state index is -0.322. The maximum Gasteiger partial charge on any atom is 0.337 e. The van der Waals surface area contributed by atoms with Gasteiger partial charge in [-0.05, 0) is 24.1 Å². The molecule has 5 nitrogen and oxygen atoms in total. The standard InChI is InChI=1S/C15H22N2O3.ClH/c1-20-15(19)13-4-2-12(3-5-13)14(6-11-18)17-9-7-16-8-10-17;/h2-5,14,16,18H,6-11H2,1H3;1H/t14-;/m1./s1. The molecule has 6 heteroatoms. The Balaban J connectivity index is 0.00000220. The first-order valence-electron chi connectivity index (χ1n) is 7.00. The van der Waals surface area contributed by atoms with Crippen molar-refractivity contribution in [2.45, 2.75) is 12.5 Å². The van der Waals surface area contributed by atoms with E-state index in [-0.39, 0.29) is 31.0 Å². The molecule has 1 atom stereocenters. The highest BCUT2D eigenvalue weighted by Crippen LogP contribution is 2.24. The number of methoxy groups -OCH3 is 1. The van der Waals surface area contributed by atoms with Gasteiger partial charge in [0.2, 0.25) is 0 Å².